The Balaban J connectivity index is 2.27. The fourth-order valence-electron chi connectivity index (χ4n) is 2.39. The monoisotopic (exact) mass is 355 g/mol. The molecule has 0 aromatic rings. The van der Waals surface area contributed by atoms with E-state index in [1.165, 1.54) is 0 Å². The predicted molar refractivity (Wildman–Crippen MR) is 103 cm³/mol. The number of piperazine rings is 1. The molecule has 146 valence electrons. The first-order valence-corrected chi connectivity index (χ1v) is 9.30. The molecule has 1 fully saturated rings. The van der Waals surface area contributed by atoms with Crippen LogP contribution in [-0.4, -0.2) is 79.8 Å². The number of carbonyl (C=O) groups is 1. The lowest BCUT2D eigenvalue weighted by Gasteiger charge is -2.35. The summed E-state index contributed by atoms with van der Waals surface area (Å²) in [5, 5.41) is 6.76. The van der Waals surface area contributed by atoms with E-state index in [2.05, 4.69) is 41.3 Å². The topological polar surface area (TPSA) is 69.2 Å². The average Bonchev–Trinajstić information content (AvgIpc) is 2.52. The lowest BCUT2D eigenvalue weighted by molar-refractivity contribution is 0.0147. The molecule has 1 heterocycles. The highest BCUT2D eigenvalue weighted by Gasteiger charge is 2.25. The van der Waals surface area contributed by atoms with Gasteiger partial charge in [-0.1, -0.05) is 13.8 Å². The molecular weight excluding hydrogens is 318 g/mol. The van der Waals surface area contributed by atoms with E-state index < -0.39 is 5.60 Å². The average molecular weight is 356 g/mol. The van der Waals surface area contributed by atoms with Crippen LogP contribution in [0.5, 0.6) is 0 Å². The van der Waals surface area contributed by atoms with Crippen LogP contribution in [0.25, 0.3) is 0 Å². The van der Waals surface area contributed by atoms with Crippen LogP contribution in [0.3, 0.4) is 0 Å². The molecule has 0 aromatic heterocycles. The van der Waals surface area contributed by atoms with E-state index in [0.29, 0.717) is 25.0 Å². The zero-order valence-corrected chi connectivity index (χ0v) is 17.1. The van der Waals surface area contributed by atoms with Crippen LogP contribution >= 0.6 is 0 Å². The summed E-state index contributed by atoms with van der Waals surface area (Å²) >= 11 is 0. The number of amides is 1. The Labute approximate surface area is 153 Å². The minimum atomic E-state index is -0.436. The van der Waals surface area contributed by atoms with Crippen molar-refractivity contribution >= 4 is 12.1 Å². The van der Waals surface area contributed by atoms with Gasteiger partial charge in [0.2, 0.25) is 0 Å². The largest absolute Gasteiger partial charge is 0.444 e. The number of hydrogen-bond donors (Lipinski definition) is 2. The fraction of sp³-hybridized carbons (Fsp3) is 0.889. The Kier molecular flexibility index (Phi) is 8.48. The van der Waals surface area contributed by atoms with Crippen molar-refractivity contribution in [3.05, 3.63) is 0 Å². The number of nitrogens with one attached hydrogen (secondary N) is 2. The smallest absolute Gasteiger partial charge is 0.410 e. The quantitative estimate of drug-likeness (QED) is 0.581. The second-order valence-corrected chi connectivity index (χ2v) is 7.99. The Bertz CT molecular complexity index is 437. The molecule has 7 nitrogen and oxygen atoms in total. The summed E-state index contributed by atoms with van der Waals surface area (Å²) < 4.78 is 5.43. The van der Waals surface area contributed by atoms with Crippen molar-refractivity contribution in [2.75, 3.05) is 46.3 Å². The van der Waals surface area contributed by atoms with Crippen molar-refractivity contribution < 1.29 is 9.53 Å². The van der Waals surface area contributed by atoms with Crippen molar-refractivity contribution in [3.63, 3.8) is 0 Å². The molecule has 7 heteroatoms. The van der Waals surface area contributed by atoms with E-state index in [0.717, 1.165) is 32.1 Å². The fourth-order valence-corrected chi connectivity index (χ4v) is 2.39. The molecule has 0 aliphatic carbocycles. The minimum Gasteiger partial charge on any atom is -0.444 e. The summed E-state index contributed by atoms with van der Waals surface area (Å²) in [4.78, 5) is 20.5. The van der Waals surface area contributed by atoms with Crippen molar-refractivity contribution in [3.8, 4) is 0 Å². The molecule has 0 bridgehead atoms. The third-order valence-corrected chi connectivity index (χ3v) is 4.33. The lowest BCUT2D eigenvalue weighted by atomic mass is 10.1. The molecule has 0 spiro atoms. The van der Waals surface area contributed by atoms with Gasteiger partial charge in [0.15, 0.2) is 5.96 Å². The van der Waals surface area contributed by atoms with Crippen LogP contribution in [0.4, 0.5) is 4.79 Å². The highest BCUT2D eigenvalue weighted by atomic mass is 16.6. The van der Waals surface area contributed by atoms with Gasteiger partial charge >= 0.3 is 6.09 Å². The van der Waals surface area contributed by atoms with Crippen molar-refractivity contribution in [2.45, 2.75) is 53.2 Å². The Morgan fingerprint density at radius 2 is 1.76 bits per heavy atom. The van der Waals surface area contributed by atoms with Crippen LogP contribution in [0.15, 0.2) is 4.99 Å². The van der Waals surface area contributed by atoms with Gasteiger partial charge in [0.25, 0.3) is 0 Å². The van der Waals surface area contributed by atoms with Gasteiger partial charge in [0, 0.05) is 52.4 Å². The number of ether oxygens (including phenoxy) is 1. The molecule has 1 amide bonds. The highest BCUT2D eigenvalue weighted by molar-refractivity contribution is 5.79. The van der Waals surface area contributed by atoms with Crippen molar-refractivity contribution in [1.82, 2.24) is 20.4 Å². The molecule has 2 N–H and O–H groups in total. The van der Waals surface area contributed by atoms with Gasteiger partial charge in [0.1, 0.15) is 5.60 Å². The van der Waals surface area contributed by atoms with Crippen molar-refractivity contribution in [2.24, 2.45) is 10.9 Å². The van der Waals surface area contributed by atoms with E-state index >= 15 is 0 Å². The van der Waals surface area contributed by atoms with Gasteiger partial charge in [-0.3, -0.25) is 9.89 Å². The zero-order chi connectivity index (χ0) is 19.0. The summed E-state index contributed by atoms with van der Waals surface area (Å²) in [5.41, 5.74) is -0.436. The number of aliphatic imine (C=N–C) groups is 1. The van der Waals surface area contributed by atoms with Crippen LogP contribution in [0.2, 0.25) is 0 Å². The second-order valence-electron chi connectivity index (χ2n) is 7.99. The van der Waals surface area contributed by atoms with Gasteiger partial charge in [-0.15, -0.1) is 0 Å². The number of hydrogen-bond acceptors (Lipinski definition) is 4. The SMILES string of the molecule is CN=C(NCCN1CCN(C(=O)OC(C)(C)C)CC1)NC(C)C(C)C. The molecule has 1 aliphatic rings. The van der Waals surface area contributed by atoms with Gasteiger partial charge in [0.05, 0.1) is 0 Å². The summed E-state index contributed by atoms with van der Waals surface area (Å²) in [6, 6.07) is 0.378. The molecule has 25 heavy (non-hydrogen) atoms. The summed E-state index contributed by atoms with van der Waals surface area (Å²) in [7, 11) is 1.79. The van der Waals surface area contributed by atoms with Gasteiger partial charge in [-0.05, 0) is 33.6 Å². The predicted octanol–water partition coefficient (Wildman–Crippen LogP) is 1.75. The molecular formula is C18H37N5O2. The van der Waals surface area contributed by atoms with E-state index in [1.807, 2.05) is 20.8 Å². The minimum absolute atomic E-state index is 0.211. The molecule has 1 aliphatic heterocycles. The van der Waals surface area contributed by atoms with E-state index in [1.54, 1.807) is 11.9 Å². The second kappa shape index (κ2) is 9.85. The zero-order valence-electron chi connectivity index (χ0n) is 17.1. The maximum absolute atomic E-state index is 12.1. The maximum atomic E-state index is 12.1. The molecule has 0 saturated carbocycles. The number of nitrogens with zero attached hydrogens (tertiary/aromatic N) is 3. The third kappa shape index (κ3) is 8.43. The summed E-state index contributed by atoms with van der Waals surface area (Å²) in [5.74, 6) is 1.40. The van der Waals surface area contributed by atoms with E-state index in [-0.39, 0.29) is 6.09 Å². The molecule has 1 rings (SSSR count). The standard InChI is InChI=1S/C18H37N5O2/c1-14(2)15(3)21-16(19-7)20-8-9-22-10-12-23(13-11-22)17(24)25-18(4,5)6/h14-15H,8-13H2,1-7H3,(H2,19,20,21). The van der Waals surface area contributed by atoms with E-state index in [4.69, 9.17) is 4.74 Å². The normalized spacial score (nSPS) is 18.2. The summed E-state index contributed by atoms with van der Waals surface area (Å²) in [6.07, 6.45) is -0.211. The number of rotatable bonds is 5. The lowest BCUT2D eigenvalue weighted by Crippen LogP contribution is -2.52. The molecule has 1 atom stereocenters. The van der Waals surface area contributed by atoms with Crippen LogP contribution in [0.1, 0.15) is 41.5 Å². The first-order valence-electron chi connectivity index (χ1n) is 9.30. The van der Waals surface area contributed by atoms with Crippen LogP contribution < -0.4 is 10.6 Å². The number of carbonyl (C=O) groups excluding carboxylic acids is 1. The Morgan fingerprint density at radius 1 is 1.16 bits per heavy atom. The first-order chi connectivity index (χ1) is 11.6. The first kappa shape index (κ1) is 21.5. The van der Waals surface area contributed by atoms with Crippen LogP contribution in [0, 0.1) is 5.92 Å². The molecule has 1 saturated heterocycles. The van der Waals surface area contributed by atoms with Gasteiger partial charge in [-0.25, -0.2) is 4.79 Å². The Morgan fingerprint density at radius 3 is 2.24 bits per heavy atom. The van der Waals surface area contributed by atoms with Crippen LogP contribution in [-0.2, 0) is 4.74 Å². The molecule has 1 unspecified atom stereocenters. The number of guanidine groups is 1. The molecule has 0 aromatic carbocycles. The maximum Gasteiger partial charge on any atom is 0.410 e. The van der Waals surface area contributed by atoms with Gasteiger partial charge in [-0.2, -0.15) is 0 Å². The van der Waals surface area contributed by atoms with Crippen molar-refractivity contribution in [1.29, 1.82) is 0 Å². The highest BCUT2D eigenvalue weighted by Crippen LogP contribution is 2.11. The third-order valence-electron chi connectivity index (χ3n) is 4.33. The molecule has 0 radical (unpaired) electrons. The summed E-state index contributed by atoms with van der Waals surface area (Å²) in [6.45, 7) is 17.2. The van der Waals surface area contributed by atoms with Gasteiger partial charge < -0.3 is 20.3 Å². The Hall–Kier alpha value is -1.50. The van der Waals surface area contributed by atoms with E-state index in [9.17, 15) is 4.79 Å².